The largest absolute Gasteiger partial charge is 0.326 e. The van der Waals surface area contributed by atoms with Crippen LogP contribution in [-0.4, -0.2) is 43.0 Å². The Labute approximate surface area is 201 Å². The van der Waals surface area contributed by atoms with Gasteiger partial charge < -0.3 is 16.0 Å². The van der Waals surface area contributed by atoms with Crippen molar-refractivity contribution in [3.63, 3.8) is 0 Å². The first-order chi connectivity index (χ1) is 16.1. The summed E-state index contributed by atoms with van der Waals surface area (Å²) in [5.41, 5.74) is 1.28. The van der Waals surface area contributed by atoms with Gasteiger partial charge in [0.15, 0.2) is 0 Å². The standard InChI is InChI=1S/C23H23ClN4O5S/c1-34(32,33)15-13-20(27-23(31)26-18-7-5-16(24)6-8-18)22(30)25-17-9-11-19(12-10-17)28-14-3-2-4-21(28)29/h2-12,14,20H,13,15H2,1H3,(H,25,30)(H2,26,27,31). The van der Waals surface area contributed by atoms with Crippen LogP contribution in [0.15, 0.2) is 77.7 Å². The Morgan fingerprint density at radius 3 is 2.18 bits per heavy atom. The number of hydrogen-bond donors (Lipinski definition) is 3. The fourth-order valence-corrected chi connectivity index (χ4v) is 3.82. The molecule has 0 aliphatic heterocycles. The summed E-state index contributed by atoms with van der Waals surface area (Å²) in [6.45, 7) is 0. The maximum atomic E-state index is 12.9. The van der Waals surface area contributed by atoms with E-state index >= 15 is 0 Å². The van der Waals surface area contributed by atoms with E-state index in [0.29, 0.717) is 22.1 Å². The highest BCUT2D eigenvalue weighted by molar-refractivity contribution is 7.90. The van der Waals surface area contributed by atoms with E-state index < -0.39 is 27.8 Å². The van der Waals surface area contributed by atoms with Crippen molar-refractivity contribution in [2.45, 2.75) is 12.5 Å². The number of nitrogens with one attached hydrogen (secondary N) is 3. The lowest BCUT2D eigenvalue weighted by atomic mass is 10.2. The first-order valence-electron chi connectivity index (χ1n) is 10.2. The summed E-state index contributed by atoms with van der Waals surface area (Å²) >= 11 is 5.83. The van der Waals surface area contributed by atoms with Crippen LogP contribution in [0, 0.1) is 0 Å². The zero-order valence-corrected chi connectivity index (χ0v) is 19.8. The number of amides is 3. The topological polar surface area (TPSA) is 126 Å². The summed E-state index contributed by atoms with van der Waals surface area (Å²) in [5.74, 6) is -0.873. The Bertz CT molecular complexity index is 1320. The van der Waals surface area contributed by atoms with Crippen LogP contribution in [0.3, 0.4) is 0 Å². The van der Waals surface area contributed by atoms with Crippen molar-refractivity contribution in [3.8, 4) is 5.69 Å². The van der Waals surface area contributed by atoms with Crippen LogP contribution in [0.5, 0.6) is 0 Å². The van der Waals surface area contributed by atoms with E-state index in [9.17, 15) is 22.8 Å². The zero-order valence-electron chi connectivity index (χ0n) is 18.2. The van der Waals surface area contributed by atoms with E-state index in [1.807, 2.05) is 0 Å². The molecule has 3 aromatic rings. The molecular weight excluding hydrogens is 480 g/mol. The lowest BCUT2D eigenvalue weighted by Crippen LogP contribution is -2.46. The van der Waals surface area contributed by atoms with Gasteiger partial charge in [-0.3, -0.25) is 14.2 Å². The van der Waals surface area contributed by atoms with Gasteiger partial charge in [-0.2, -0.15) is 0 Å². The number of carbonyl (C=O) groups is 2. The van der Waals surface area contributed by atoms with Crippen molar-refractivity contribution < 1.29 is 18.0 Å². The molecule has 0 spiro atoms. The number of sulfone groups is 1. The van der Waals surface area contributed by atoms with Gasteiger partial charge in [0, 0.05) is 40.6 Å². The molecule has 2 aromatic carbocycles. The Morgan fingerprint density at radius 2 is 1.56 bits per heavy atom. The summed E-state index contributed by atoms with van der Waals surface area (Å²) in [6.07, 6.45) is 2.57. The van der Waals surface area contributed by atoms with Crippen molar-refractivity contribution in [2.24, 2.45) is 0 Å². The molecule has 0 saturated carbocycles. The lowest BCUT2D eigenvalue weighted by molar-refractivity contribution is -0.117. The van der Waals surface area contributed by atoms with Crippen LogP contribution >= 0.6 is 11.6 Å². The first kappa shape index (κ1) is 25.0. The minimum Gasteiger partial charge on any atom is -0.326 e. The normalized spacial score (nSPS) is 11.9. The molecule has 0 aliphatic rings. The Morgan fingerprint density at radius 1 is 0.941 bits per heavy atom. The monoisotopic (exact) mass is 502 g/mol. The number of benzene rings is 2. The molecule has 0 bridgehead atoms. The molecule has 0 aliphatic carbocycles. The molecule has 1 unspecified atom stereocenters. The van der Waals surface area contributed by atoms with Crippen molar-refractivity contribution >= 4 is 44.8 Å². The quantitative estimate of drug-likeness (QED) is 0.436. The van der Waals surface area contributed by atoms with Gasteiger partial charge >= 0.3 is 6.03 Å². The predicted octanol–water partition coefficient (Wildman–Crippen LogP) is 3.05. The van der Waals surface area contributed by atoms with Crippen LogP contribution in [0.4, 0.5) is 16.2 Å². The molecule has 0 radical (unpaired) electrons. The van der Waals surface area contributed by atoms with Gasteiger partial charge in [0.25, 0.3) is 5.56 Å². The number of rotatable bonds is 8. The Hall–Kier alpha value is -3.63. The summed E-state index contributed by atoms with van der Waals surface area (Å²) in [7, 11) is -3.36. The molecule has 3 N–H and O–H groups in total. The number of nitrogens with zero attached hydrogens (tertiary/aromatic N) is 1. The fraction of sp³-hybridized carbons (Fsp3) is 0.174. The maximum absolute atomic E-state index is 12.9. The minimum absolute atomic E-state index is 0.115. The number of halogens is 1. The van der Waals surface area contributed by atoms with Crippen molar-refractivity contribution in [3.05, 3.63) is 88.3 Å². The Kier molecular flexibility index (Phi) is 8.08. The van der Waals surface area contributed by atoms with Crippen LogP contribution in [0.25, 0.3) is 5.69 Å². The number of carbonyl (C=O) groups excluding carboxylic acids is 2. The average Bonchev–Trinajstić information content (AvgIpc) is 2.78. The molecule has 3 rings (SSSR count). The molecule has 1 atom stereocenters. The molecular formula is C23H23ClN4O5S. The minimum atomic E-state index is -3.36. The number of urea groups is 1. The molecule has 178 valence electrons. The van der Waals surface area contributed by atoms with Gasteiger partial charge in [-0.1, -0.05) is 17.7 Å². The van der Waals surface area contributed by atoms with E-state index in [0.717, 1.165) is 6.26 Å². The second-order valence-electron chi connectivity index (χ2n) is 7.52. The third kappa shape index (κ3) is 7.46. The third-order valence-electron chi connectivity index (χ3n) is 4.74. The predicted molar refractivity (Wildman–Crippen MR) is 132 cm³/mol. The molecule has 0 saturated heterocycles. The van der Waals surface area contributed by atoms with Gasteiger partial charge in [0.1, 0.15) is 15.9 Å². The van der Waals surface area contributed by atoms with E-state index in [1.165, 1.54) is 10.6 Å². The van der Waals surface area contributed by atoms with Gasteiger partial charge in [0.05, 0.1) is 5.75 Å². The fourth-order valence-electron chi connectivity index (χ4n) is 3.03. The van der Waals surface area contributed by atoms with Gasteiger partial charge in [-0.25, -0.2) is 13.2 Å². The number of anilines is 2. The molecule has 3 amide bonds. The zero-order chi connectivity index (χ0) is 24.7. The number of aromatic nitrogens is 1. The maximum Gasteiger partial charge on any atom is 0.319 e. The highest BCUT2D eigenvalue weighted by Crippen LogP contribution is 2.15. The SMILES string of the molecule is CS(=O)(=O)CCC(NC(=O)Nc1ccc(Cl)cc1)C(=O)Nc1ccc(-n2ccccc2=O)cc1. The second-order valence-corrected chi connectivity index (χ2v) is 10.2. The summed E-state index contributed by atoms with van der Waals surface area (Å²) < 4.78 is 24.7. The third-order valence-corrected chi connectivity index (χ3v) is 5.97. The number of pyridine rings is 1. The molecule has 34 heavy (non-hydrogen) atoms. The average molecular weight is 503 g/mol. The van der Waals surface area contributed by atoms with E-state index in [-0.39, 0.29) is 17.7 Å². The summed E-state index contributed by atoms with van der Waals surface area (Å²) in [6, 6.07) is 15.9. The van der Waals surface area contributed by atoms with Gasteiger partial charge in [0.2, 0.25) is 5.91 Å². The Balaban J connectivity index is 1.70. The van der Waals surface area contributed by atoms with E-state index in [2.05, 4.69) is 16.0 Å². The lowest BCUT2D eigenvalue weighted by Gasteiger charge is -2.19. The molecule has 1 heterocycles. The number of hydrogen-bond acceptors (Lipinski definition) is 5. The van der Waals surface area contributed by atoms with E-state index in [4.69, 9.17) is 11.6 Å². The van der Waals surface area contributed by atoms with Crippen LogP contribution in [-0.2, 0) is 14.6 Å². The highest BCUT2D eigenvalue weighted by atomic mass is 35.5. The highest BCUT2D eigenvalue weighted by Gasteiger charge is 2.23. The van der Waals surface area contributed by atoms with Gasteiger partial charge in [-0.05, 0) is 61.0 Å². The van der Waals surface area contributed by atoms with Crippen LogP contribution in [0.2, 0.25) is 5.02 Å². The first-order valence-corrected chi connectivity index (χ1v) is 12.6. The summed E-state index contributed by atoms with van der Waals surface area (Å²) in [4.78, 5) is 37.2. The van der Waals surface area contributed by atoms with Crippen LogP contribution in [0.1, 0.15) is 6.42 Å². The van der Waals surface area contributed by atoms with Crippen molar-refractivity contribution in [2.75, 3.05) is 22.6 Å². The molecule has 9 nitrogen and oxygen atoms in total. The van der Waals surface area contributed by atoms with Crippen LogP contribution < -0.4 is 21.5 Å². The summed E-state index contributed by atoms with van der Waals surface area (Å²) in [5, 5.41) is 8.26. The van der Waals surface area contributed by atoms with Crippen molar-refractivity contribution in [1.29, 1.82) is 0 Å². The van der Waals surface area contributed by atoms with Gasteiger partial charge in [-0.15, -0.1) is 0 Å². The molecule has 0 fully saturated rings. The van der Waals surface area contributed by atoms with E-state index in [1.54, 1.807) is 66.9 Å². The molecule has 1 aromatic heterocycles. The second kappa shape index (κ2) is 11.0. The molecule has 11 heteroatoms. The smallest absolute Gasteiger partial charge is 0.319 e. The van der Waals surface area contributed by atoms with Crippen molar-refractivity contribution in [1.82, 2.24) is 9.88 Å².